The molecule has 9 aromatic carbocycles. The SMILES string of the molecule is CC1(C)c2ccccc2-c2ccc(-c3ccc4c(c3)C(C)(C)c3cc(-c5ccc(-c6ccc7c(c6)C(C)(C)c6cc(-c8ccc9c(c8)C(C)(C)c8ccccc8-9)ccc6-7)c6nsnc56)ccc3-4)cc21. The predicted octanol–water partition coefficient (Wildman–Crippen LogP) is 17.6. The van der Waals surface area contributed by atoms with Gasteiger partial charge in [0, 0.05) is 32.8 Å². The summed E-state index contributed by atoms with van der Waals surface area (Å²) in [6.07, 6.45) is 0. The van der Waals surface area contributed by atoms with Crippen LogP contribution in [0.25, 0.3) is 100 Å². The Hall–Kier alpha value is -7.20. The first kappa shape index (κ1) is 40.8. The van der Waals surface area contributed by atoms with Crippen LogP contribution in [0.3, 0.4) is 0 Å². The molecule has 332 valence electrons. The summed E-state index contributed by atoms with van der Waals surface area (Å²) in [6.45, 7) is 19.0. The maximum atomic E-state index is 4.99. The summed E-state index contributed by atoms with van der Waals surface area (Å²) in [4.78, 5) is 0. The van der Waals surface area contributed by atoms with Gasteiger partial charge in [-0.05, 0) is 159 Å². The molecule has 69 heavy (non-hydrogen) atoms. The first-order valence-corrected chi connectivity index (χ1v) is 25.3. The number of hydrogen-bond acceptors (Lipinski definition) is 3. The topological polar surface area (TPSA) is 25.8 Å². The van der Waals surface area contributed by atoms with Gasteiger partial charge in [0.1, 0.15) is 11.0 Å². The molecule has 1 heterocycles. The van der Waals surface area contributed by atoms with Gasteiger partial charge in [0.15, 0.2) is 0 Å². The molecular formula is C66H52N2S. The van der Waals surface area contributed by atoms with Gasteiger partial charge in [0.25, 0.3) is 0 Å². The van der Waals surface area contributed by atoms with Crippen molar-refractivity contribution >= 4 is 22.8 Å². The van der Waals surface area contributed by atoms with Crippen molar-refractivity contribution in [2.45, 2.75) is 77.0 Å². The van der Waals surface area contributed by atoms with E-state index in [4.69, 9.17) is 8.75 Å². The van der Waals surface area contributed by atoms with E-state index in [1.54, 1.807) is 0 Å². The van der Waals surface area contributed by atoms with Crippen LogP contribution in [-0.4, -0.2) is 8.75 Å². The molecule has 14 rings (SSSR count). The normalized spacial score (nSPS) is 16.3. The first-order valence-electron chi connectivity index (χ1n) is 24.6. The molecular weight excluding hydrogens is 853 g/mol. The molecule has 0 aliphatic heterocycles. The Morgan fingerprint density at radius 2 is 0.478 bits per heavy atom. The Balaban J connectivity index is 0.774. The second kappa shape index (κ2) is 13.7. The second-order valence-electron chi connectivity index (χ2n) is 22.3. The maximum Gasteiger partial charge on any atom is 0.113 e. The van der Waals surface area contributed by atoms with Gasteiger partial charge in [0.2, 0.25) is 0 Å². The fourth-order valence-electron chi connectivity index (χ4n) is 13.3. The zero-order valence-corrected chi connectivity index (χ0v) is 41.3. The predicted molar refractivity (Wildman–Crippen MR) is 289 cm³/mol. The number of rotatable bonds is 4. The van der Waals surface area contributed by atoms with E-state index in [1.165, 1.54) is 134 Å². The lowest BCUT2D eigenvalue weighted by Gasteiger charge is -2.24. The minimum Gasteiger partial charge on any atom is -0.172 e. The second-order valence-corrected chi connectivity index (χ2v) is 22.8. The van der Waals surface area contributed by atoms with Crippen LogP contribution in [0.1, 0.15) is 99.9 Å². The third-order valence-corrected chi connectivity index (χ3v) is 17.8. The summed E-state index contributed by atoms with van der Waals surface area (Å²) in [5.74, 6) is 0. The van der Waals surface area contributed by atoms with Gasteiger partial charge >= 0.3 is 0 Å². The van der Waals surface area contributed by atoms with Crippen LogP contribution < -0.4 is 0 Å². The lowest BCUT2D eigenvalue weighted by atomic mass is 9.79. The summed E-state index contributed by atoms with van der Waals surface area (Å²) in [5, 5.41) is 0. The summed E-state index contributed by atoms with van der Waals surface area (Å²) in [6, 6.07) is 64.9. The quantitative estimate of drug-likeness (QED) is 0.176. The van der Waals surface area contributed by atoms with Crippen molar-refractivity contribution in [2.75, 3.05) is 0 Å². The van der Waals surface area contributed by atoms with E-state index in [9.17, 15) is 0 Å². The van der Waals surface area contributed by atoms with E-state index in [-0.39, 0.29) is 21.7 Å². The van der Waals surface area contributed by atoms with Crippen LogP contribution in [0.5, 0.6) is 0 Å². The molecule has 10 aromatic rings. The average Bonchev–Trinajstić information content (AvgIpc) is 4.12. The molecule has 0 saturated heterocycles. The van der Waals surface area contributed by atoms with Crippen LogP contribution in [0.2, 0.25) is 0 Å². The Morgan fingerprint density at radius 3 is 0.797 bits per heavy atom. The highest BCUT2D eigenvalue weighted by Crippen LogP contribution is 2.55. The number of nitrogens with zero attached hydrogens (tertiary/aromatic N) is 2. The third kappa shape index (κ3) is 5.48. The number of fused-ring (bicyclic) bond motifs is 13. The van der Waals surface area contributed by atoms with Gasteiger partial charge in [-0.15, -0.1) is 0 Å². The smallest absolute Gasteiger partial charge is 0.113 e. The Bertz CT molecular complexity index is 3660. The summed E-state index contributed by atoms with van der Waals surface area (Å²) >= 11 is 1.31. The molecule has 4 aliphatic rings. The molecule has 3 heteroatoms. The standard InChI is InChI=1S/C66H52N2S/c1-63(2)53-15-11-9-13-45(53)47-23-17-37(31-55(47)63)39-19-25-49-51-27-21-41(35-59(51)65(5,6)57(49)33-39)43-29-30-44(62-61(43)67-69-68-62)42-22-28-52-50-26-20-40(34-58(50)66(7,8)60(52)36-42)38-18-24-48-46-14-10-12-16-54(46)64(3,4)56(48)32-38/h9-36H,1-8H3. The van der Waals surface area contributed by atoms with Crippen LogP contribution in [0, 0.1) is 0 Å². The molecule has 0 saturated carbocycles. The van der Waals surface area contributed by atoms with Gasteiger partial charge in [-0.1, -0.05) is 189 Å². The van der Waals surface area contributed by atoms with Crippen LogP contribution in [0.4, 0.5) is 0 Å². The highest BCUT2D eigenvalue weighted by Gasteiger charge is 2.40. The molecule has 0 N–H and O–H groups in total. The van der Waals surface area contributed by atoms with Crippen LogP contribution >= 0.6 is 11.7 Å². The first-order chi connectivity index (χ1) is 33.2. The Kier molecular flexibility index (Phi) is 8.13. The number of benzene rings is 9. The van der Waals surface area contributed by atoms with E-state index < -0.39 is 0 Å². The molecule has 4 aliphatic carbocycles. The van der Waals surface area contributed by atoms with Crippen LogP contribution in [0.15, 0.2) is 170 Å². The lowest BCUT2D eigenvalue weighted by Crippen LogP contribution is -2.15. The highest BCUT2D eigenvalue weighted by atomic mass is 32.1. The van der Waals surface area contributed by atoms with Crippen molar-refractivity contribution in [1.29, 1.82) is 0 Å². The summed E-state index contributed by atoms with van der Waals surface area (Å²) in [7, 11) is 0. The molecule has 0 atom stereocenters. The molecule has 0 radical (unpaired) electrons. The van der Waals surface area contributed by atoms with Crippen molar-refractivity contribution in [2.24, 2.45) is 0 Å². The average molecular weight is 905 g/mol. The molecule has 2 nitrogen and oxygen atoms in total. The van der Waals surface area contributed by atoms with Crippen molar-refractivity contribution < 1.29 is 0 Å². The monoisotopic (exact) mass is 904 g/mol. The number of aromatic nitrogens is 2. The third-order valence-electron chi connectivity index (χ3n) is 17.2. The molecule has 0 unspecified atom stereocenters. The minimum atomic E-state index is -0.178. The zero-order chi connectivity index (χ0) is 46.9. The van der Waals surface area contributed by atoms with Gasteiger partial charge in [-0.2, -0.15) is 8.75 Å². The highest BCUT2D eigenvalue weighted by molar-refractivity contribution is 7.00. The van der Waals surface area contributed by atoms with E-state index in [0.29, 0.717) is 0 Å². The fourth-order valence-corrected chi connectivity index (χ4v) is 13.8. The van der Waals surface area contributed by atoms with Gasteiger partial charge in [0.05, 0.1) is 11.7 Å². The maximum absolute atomic E-state index is 4.99. The Labute approximate surface area is 409 Å². The summed E-state index contributed by atoms with van der Waals surface area (Å²) in [5.41, 5.74) is 33.0. The van der Waals surface area contributed by atoms with E-state index in [1.807, 2.05) is 0 Å². The molecule has 0 spiro atoms. The molecule has 0 fully saturated rings. The van der Waals surface area contributed by atoms with E-state index >= 15 is 0 Å². The zero-order valence-electron chi connectivity index (χ0n) is 40.5. The van der Waals surface area contributed by atoms with Crippen LogP contribution in [-0.2, 0) is 21.7 Å². The van der Waals surface area contributed by atoms with Crippen molar-refractivity contribution in [3.05, 3.63) is 214 Å². The van der Waals surface area contributed by atoms with Gasteiger partial charge in [-0.3, -0.25) is 0 Å². The number of hydrogen-bond donors (Lipinski definition) is 0. The lowest BCUT2D eigenvalue weighted by molar-refractivity contribution is 0.659. The summed E-state index contributed by atoms with van der Waals surface area (Å²) < 4.78 is 9.98. The van der Waals surface area contributed by atoms with E-state index in [2.05, 4.69) is 225 Å². The largest absolute Gasteiger partial charge is 0.172 e. The minimum absolute atomic E-state index is 0.0343. The Morgan fingerprint density at radius 1 is 0.246 bits per heavy atom. The van der Waals surface area contributed by atoms with Crippen molar-refractivity contribution in [1.82, 2.24) is 8.75 Å². The van der Waals surface area contributed by atoms with Crippen molar-refractivity contribution in [3.8, 4) is 89.0 Å². The van der Waals surface area contributed by atoms with E-state index in [0.717, 1.165) is 22.2 Å². The fraction of sp³-hybridized carbons (Fsp3) is 0.182. The molecule has 0 bridgehead atoms. The molecule has 1 aromatic heterocycles. The molecule has 0 amide bonds. The van der Waals surface area contributed by atoms with Gasteiger partial charge in [-0.25, -0.2) is 0 Å². The van der Waals surface area contributed by atoms with Gasteiger partial charge < -0.3 is 0 Å². The van der Waals surface area contributed by atoms with Crippen molar-refractivity contribution in [3.63, 3.8) is 0 Å².